The van der Waals surface area contributed by atoms with Crippen molar-refractivity contribution in [3.8, 4) is 11.8 Å². The predicted molar refractivity (Wildman–Crippen MR) is 213 cm³/mol. The van der Waals surface area contributed by atoms with Gasteiger partial charge in [0, 0.05) is 23.6 Å². The molecule has 1 amide bonds. The fraction of sp³-hybridized carbons (Fsp3) is 0.714. The molecule has 0 spiro atoms. The van der Waals surface area contributed by atoms with Gasteiger partial charge in [-0.3, -0.25) is 14.4 Å². The van der Waals surface area contributed by atoms with Crippen molar-refractivity contribution in [1.82, 2.24) is 9.88 Å². The number of nitrogens with zero attached hydrogens (tertiary/aromatic N) is 4. The number of aliphatic hydroxyl groups is 2. The molecule has 1 aromatic heterocycles. The maximum atomic E-state index is 14.4. The van der Waals surface area contributed by atoms with Gasteiger partial charge >= 0.3 is 5.97 Å². The summed E-state index contributed by atoms with van der Waals surface area (Å²) < 4.78 is 32.3. The van der Waals surface area contributed by atoms with Gasteiger partial charge in [0.15, 0.2) is 12.1 Å². The van der Waals surface area contributed by atoms with Crippen LogP contribution >= 0.6 is 0 Å². The van der Waals surface area contributed by atoms with Crippen molar-refractivity contribution < 1.29 is 53.1 Å². The molecule has 0 radical (unpaired) electrons. The Morgan fingerprint density at radius 2 is 1.79 bits per heavy atom. The number of hydrogen-bond donors (Lipinski definition) is 3. The smallest absolute Gasteiger partial charge is 0.316 e. The normalized spacial score (nSPS) is 40.1. The number of aliphatic imine (C=N–C) groups is 1. The SMILES string of the molecule is CC[C@H]1OC(=O)[C@H](C)C(=O)[C@H](C)[C@@H](O[C@@H]2O[C@H](C)C[C@H](N(C)C)[C@H]2O)[C@@]2(C)C[C@@H](C)C3=NC(=O)C(CC#Cc4cccc(N)n4)O/N=C(/CO[C@H]([C@H]3C)[C@]1(C)O)CO2. The first-order valence-corrected chi connectivity index (χ1v) is 20.2. The van der Waals surface area contributed by atoms with Gasteiger partial charge in [0.25, 0.3) is 5.91 Å². The van der Waals surface area contributed by atoms with E-state index in [1.165, 1.54) is 13.8 Å². The number of amides is 1. The van der Waals surface area contributed by atoms with E-state index in [1.54, 1.807) is 45.9 Å². The van der Waals surface area contributed by atoms with Gasteiger partial charge in [-0.25, -0.2) is 9.98 Å². The van der Waals surface area contributed by atoms with Crippen LogP contribution in [0.1, 0.15) is 86.8 Å². The summed E-state index contributed by atoms with van der Waals surface area (Å²) in [6, 6.07) is 4.73. The first kappa shape index (κ1) is 45.3. The molecule has 3 saturated heterocycles. The van der Waals surface area contributed by atoms with Crippen LogP contribution in [-0.2, 0) is 42.9 Å². The van der Waals surface area contributed by atoms with E-state index in [1.807, 2.05) is 32.8 Å². The van der Waals surface area contributed by atoms with Crippen LogP contribution in [0.15, 0.2) is 28.3 Å². The van der Waals surface area contributed by atoms with Crippen LogP contribution in [0.5, 0.6) is 0 Å². The molecule has 5 rings (SSSR count). The van der Waals surface area contributed by atoms with Gasteiger partial charge < -0.3 is 49.4 Å². The van der Waals surface area contributed by atoms with Gasteiger partial charge in [0.2, 0.25) is 6.10 Å². The van der Waals surface area contributed by atoms with Crippen molar-refractivity contribution in [3.63, 3.8) is 0 Å². The molecule has 16 nitrogen and oxygen atoms in total. The van der Waals surface area contributed by atoms with Crippen molar-refractivity contribution in [2.75, 3.05) is 33.0 Å². The Hall–Kier alpha value is -3.82. The zero-order valence-corrected chi connectivity index (χ0v) is 35.3. The van der Waals surface area contributed by atoms with Crippen LogP contribution in [0.4, 0.5) is 5.82 Å². The molecule has 0 saturated carbocycles. The molecular formula is C42H61N5O11. The van der Waals surface area contributed by atoms with Crippen molar-refractivity contribution >= 4 is 34.9 Å². The number of nitrogens with two attached hydrogens (primary N) is 1. The Kier molecular flexibility index (Phi) is 14.5. The highest BCUT2D eigenvalue weighted by molar-refractivity contribution is 6.01. The first-order chi connectivity index (χ1) is 27.3. The van der Waals surface area contributed by atoms with Gasteiger partial charge in [-0.05, 0) is 85.0 Å². The fourth-order valence-corrected chi connectivity index (χ4v) is 8.69. The highest BCUT2D eigenvalue weighted by Crippen LogP contribution is 2.40. The minimum Gasteiger partial charge on any atom is -0.459 e. The van der Waals surface area contributed by atoms with Crippen LogP contribution in [0.2, 0.25) is 0 Å². The zero-order chi connectivity index (χ0) is 42.7. The van der Waals surface area contributed by atoms with E-state index >= 15 is 0 Å². The summed E-state index contributed by atoms with van der Waals surface area (Å²) in [4.78, 5) is 59.2. The number of aromatic nitrogens is 1. The Balaban J connectivity index is 1.67. The van der Waals surface area contributed by atoms with Crippen LogP contribution in [0, 0.1) is 35.5 Å². The Morgan fingerprint density at radius 3 is 2.47 bits per heavy atom. The topological polar surface area (TPSA) is 214 Å². The molecule has 4 N–H and O–H groups in total. The number of fused-ring (bicyclic) bond motifs is 4. The van der Waals surface area contributed by atoms with Gasteiger partial charge in [0.05, 0.1) is 43.5 Å². The highest BCUT2D eigenvalue weighted by atomic mass is 16.7. The second kappa shape index (κ2) is 18.6. The molecule has 1 aromatic rings. The monoisotopic (exact) mass is 811 g/mol. The van der Waals surface area contributed by atoms with Crippen molar-refractivity contribution in [3.05, 3.63) is 23.9 Å². The molecule has 0 aromatic carbocycles. The summed E-state index contributed by atoms with van der Waals surface area (Å²) in [5.74, 6) is 0.544. The number of likely N-dealkylation sites (N-methyl/N-ethyl adjacent to an activating group) is 1. The van der Waals surface area contributed by atoms with Crippen molar-refractivity contribution in [2.24, 2.45) is 33.8 Å². The lowest BCUT2D eigenvalue weighted by atomic mass is 9.73. The number of Topliss-reactive ketones (excluding diaryl/α,β-unsaturated/α-hetero) is 1. The quantitative estimate of drug-likeness (QED) is 0.222. The molecule has 58 heavy (non-hydrogen) atoms. The molecule has 5 heterocycles. The van der Waals surface area contributed by atoms with Gasteiger partial charge in [-0.15, -0.1) is 0 Å². The Morgan fingerprint density at radius 1 is 1.07 bits per heavy atom. The second-order valence-electron chi connectivity index (χ2n) is 16.9. The van der Waals surface area contributed by atoms with E-state index in [2.05, 4.69) is 27.0 Å². The summed E-state index contributed by atoms with van der Waals surface area (Å²) in [5, 5.41) is 28.3. The standard InChI is InChI=1S/C42H61N5O11/c1-11-31-42(8,52)37-24(4)33-22(2)19-41(7,36(25(5)34(48)26(6)39(51)56-31)57-40-35(49)29(47(9)10)18-23(3)55-40)54-21-28(20-53-37)46-58-30(38(50)45-33)16-12-14-27-15-13-17-32(43)44-27/h13,15,17,22-26,29-31,35-37,40,49,52H,11,16,18-21H2,1-10H3,(H2,43,44)/b45-33?,46-28-/t22-,23-,24+,25+,26-,29+,30?,31-,35-,36-,37-,40+,41-,42-/m1/s1. The largest absolute Gasteiger partial charge is 0.459 e. The molecule has 0 aliphatic carbocycles. The minimum absolute atomic E-state index is 0.0934. The maximum absolute atomic E-state index is 14.4. The number of rotatable bonds is 5. The number of aliphatic hydroxyl groups excluding tert-OH is 1. The predicted octanol–water partition coefficient (Wildman–Crippen LogP) is 2.70. The number of carbonyl (C=O) groups excluding carboxylic acids is 3. The molecule has 3 fully saturated rings. The number of cyclic esters (lactones) is 1. The van der Waals surface area contributed by atoms with Crippen LogP contribution in [-0.4, -0.2) is 137 Å². The average molecular weight is 812 g/mol. The van der Waals surface area contributed by atoms with Gasteiger partial charge in [-0.1, -0.05) is 44.8 Å². The van der Waals surface area contributed by atoms with Crippen molar-refractivity contribution in [1.29, 1.82) is 0 Å². The third kappa shape index (κ3) is 9.95. The third-order valence-electron chi connectivity index (χ3n) is 11.9. The zero-order valence-electron chi connectivity index (χ0n) is 35.3. The molecule has 320 valence electrons. The molecule has 16 heteroatoms. The van der Waals surface area contributed by atoms with E-state index in [0.717, 1.165) is 0 Å². The lowest BCUT2D eigenvalue weighted by Crippen LogP contribution is -2.60. The van der Waals surface area contributed by atoms with Crippen LogP contribution < -0.4 is 5.73 Å². The van der Waals surface area contributed by atoms with E-state index in [-0.39, 0.29) is 50.3 Å². The third-order valence-corrected chi connectivity index (χ3v) is 11.9. The Labute approximate surface area is 341 Å². The molecule has 4 aliphatic rings. The number of oxime groups is 1. The molecule has 1 unspecified atom stereocenters. The van der Waals surface area contributed by atoms with Gasteiger partial charge in [0.1, 0.15) is 41.0 Å². The lowest BCUT2D eigenvalue weighted by Gasteiger charge is -2.47. The molecular weight excluding hydrogens is 750 g/mol. The lowest BCUT2D eigenvalue weighted by molar-refractivity contribution is -0.296. The second-order valence-corrected chi connectivity index (χ2v) is 16.9. The summed E-state index contributed by atoms with van der Waals surface area (Å²) in [5.41, 5.74) is 3.56. The summed E-state index contributed by atoms with van der Waals surface area (Å²) >= 11 is 0. The number of ketones is 1. The number of esters is 1. The molecule has 4 bridgehead atoms. The van der Waals surface area contributed by atoms with E-state index in [9.17, 15) is 24.6 Å². The number of ether oxygens (including phenoxy) is 5. The Bertz CT molecular complexity index is 1790. The average Bonchev–Trinajstić information content (AvgIpc) is 3.19. The molecule has 14 atom stereocenters. The number of anilines is 1. The number of pyridine rings is 1. The van der Waals surface area contributed by atoms with E-state index in [4.69, 9.17) is 34.3 Å². The maximum Gasteiger partial charge on any atom is 0.316 e. The summed E-state index contributed by atoms with van der Waals surface area (Å²) in [6.45, 7) is 13.3. The van der Waals surface area contributed by atoms with Crippen LogP contribution in [0.25, 0.3) is 0 Å². The van der Waals surface area contributed by atoms with Crippen LogP contribution in [0.3, 0.4) is 0 Å². The summed E-state index contributed by atoms with van der Waals surface area (Å²) in [7, 11) is 3.72. The highest BCUT2D eigenvalue weighted by Gasteiger charge is 2.53. The van der Waals surface area contributed by atoms with Gasteiger partial charge in [-0.2, -0.15) is 0 Å². The minimum atomic E-state index is -1.85. The number of hydrogen-bond acceptors (Lipinski definition) is 15. The fourth-order valence-electron chi connectivity index (χ4n) is 8.69. The number of nitrogen functional groups attached to an aromatic ring is 1. The first-order valence-electron chi connectivity index (χ1n) is 20.2. The summed E-state index contributed by atoms with van der Waals surface area (Å²) in [6.07, 6.45) is -6.42. The number of carbonyl (C=O) groups is 3. The van der Waals surface area contributed by atoms with Crippen molar-refractivity contribution in [2.45, 2.75) is 141 Å². The van der Waals surface area contributed by atoms with E-state index in [0.29, 0.717) is 23.6 Å². The van der Waals surface area contributed by atoms with E-state index < -0.39 is 89.3 Å². The molecule has 4 aliphatic heterocycles.